The molecule has 2 aromatic carbocycles. The Hall–Kier alpha value is -3.14. The first-order valence-electron chi connectivity index (χ1n) is 7.67. The van der Waals surface area contributed by atoms with Gasteiger partial charge in [-0.15, -0.1) is 0 Å². The minimum Gasteiger partial charge on any atom is -0.464 e. The van der Waals surface area contributed by atoms with Crippen LogP contribution < -0.4 is 4.90 Å². The molecule has 3 rings (SSSR count). The highest BCUT2D eigenvalue weighted by Gasteiger charge is 2.18. The molecular formula is C20H18N2O2. The van der Waals surface area contributed by atoms with Crippen molar-refractivity contribution in [1.82, 2.24) is 4.98 Å². The first-order chi connectivity index (χ1) is 11.6. The molecule has 1 aromatic heterocycles. The second-order valence-corrected chi connectivity index (χ2v) is 5.64. The molecular weight excluding hydrogens is 300 g/mol. The number of aromatic nitrogens is 1. The summed E-state index contributed by atoms with van der Waals surface area (Å²) in [5.74, 6) is 0. The van der Waals surface area contributed by atoms with Crippen molar-refractivity contribution in [3.63, 3.8) is 0 Å². The molecule has 24 heavy (non-hydrogen) atoms. The lowest BCUT2D eigenvalue weighted by atomic mass is 9.97. The smallest absolute Gasteiger partial charge is 0.416 e. The zero-order valence-corrected chi connectivity index (χ0v) is 13.6. The highest BCUT2D eigenvalue weighted by Crippen LogP contribution is 2.33. The molecule has 0 radical (unpaired) electrons. The van der Waals surface area contributed by atoms with Crippen LogP contribution in [0.4, 0.5) is 16.2 Å². The topological polar surface area (TPSA) is 53.4 Å². The first-order valence-corrected chi connectivity index (χ1v) is 7.67. The fourth-order valence-corrected chi connectivity index (χ4v) is 2.73. The number of hydrogen-bond donors (Lipinski definition) is 1. The van der Waals surface area contributed by atoms with Crippen LogP contribution in [0.15, 0.2) is 67.0 Å². The lowest BCUT2D eigenvalue weighted by molar-refractivity contribution is 0.205. The van der Waals surface area contributed by atoms with Crippen molar-refractivity contribution in [2.75, 3.05) is 4.90 Å². The Balaban J connectivity index is 2.14. The molecule has 0 aliphatic carbocycles. The molecule has 0 saturated carbocycles. The standard InChI is InChI=1S/C20H18N2O2/c1-14-8-9-17(12-18(14)19-13-21-11-10-15(19)2)22(20(23)24)16-6-4-3-5-7-16/h3-13H,1-2H3,(H,23,24). The number of aryl methyl sites for hydroxylation is 2. The SMILES string of the molecule is Cc1ccncc1-c1cc(N(C(=O)O)c2ccccc2)ccc1C. The molecule has 1 amide bonds. The summed E-state index contributed by atoms with van der Waals surface area (Å²) in [6, 6.07) is 16.7. The van der Waals surface area contributed by atoms with Crippen molar-refractivity contribution in [1.29, 1.82) is 0 Å². The normalized spacial score (nSPS) is 10.4. The van der Waals surface area contributed by atoms with Gasteiger partial charge in [-0.2, -0.15) is 0 Å². The van der Waals surface area contributed by atoms with E-state index in [9.17, 15) is 9.90 Å². The van der Waals surface area contributed by atoms with E-state index >= 15 is 0 Å². The van der Waals surface area contributed by atoms with Gasteiger partial charge in [0.05, 0.1) is 11.4 Å². The maximum absolute atomic E-state index is 11.8. The highest BCUT2D eigenvalue weighted by molar-refractivity contribution is 5.95. The van der Waals surface area contributed by atoms with Gasteiger partial charge < -0.3 is 5.11 Å². The Labute approximate surface area is 141 Å². The third kappa shape index (κ3) is 2.99. The van der Waals surface area contributed by atoms with Crippen LogP contribution in [0, 0.1) is 13.8 Å². The van der Waals surface area contributed by atoms with Crippen LogP contribution in [0.5, 0.6) is 0 Å². The molecule has 0 fully saturated rings. The van der Waals surface area contributed by atoms with Gasteiger partial charge in [-0.05, 0) is 60.9 Å². The first kappa shape index (κ1) is 15.7. The van der Waals surface area contributed by atoms with Gasteiger partial charge in [0.15, 0.2) is 0 Å². The van der Waals surface area contributed by atoms with Gasteiger partial charge in [-0.3, -0.25) is 4.98 Å². The van der Waals surface area contributed by atoms with E-state index in [1.807, 2.05) is 62.5 Å². The van der Waals surface area contributed by atoms with Gasteiger partial charge in [0.2, 0.25) is 0 Å². The van der Waals surface area contributed by atoms with Crippen molar-refractivity contribution in [3.05, 3.63) is 78.1 Å². The Bertz CT molecular complexity index is 876. The number of nitrogens with zero attached hydrogens (tertiary/aromatic N) is 2. The summed E-state index contributed by atoms with van der Waals surface area (Å²) in [5, 5.41) is 9.68. The summed E-state index contributed by atoms with van der Waals surface area (Å²) in [6.45, 7) is 4.04. The third-order valence-electron chi connectivity index (χ3n) is 4.01. The van der Waals surface area contributed by atoms with E-state index in [-0.39, 0.29) is 0 Å². The summed E-state index contributed by atoms with van der Waals surface area (Å²) >= 11 is 0. The summed E-state index contributed by atoms with van der Waals surface area (Å²) in [7, 11) is 0. The van der Waals surface area contributed by atoms with Crippen molar-refractivity contribution in [3.8, 4) is 11.1 Å². The van der Waals surface area contributed by atoms with Crippen molar-refractivity contribution in [2.45, 2.75) is 13.8 Å². The molecule has 0 aliphatic heterocycles. The number of rotatable bonds is 3. The molecule has 0 aliphatic rings. The Morgan fingerprint density at radius 1 is 0.917 bits per heavy atom. The predicted molar refractivity (Wildman–Crippen MR) is 95.8 cm³/mol. The second kappa shape index (κ2) is 6.54. The fraction of sp³-hybridized carbons (Fsp3) is 0.100. The molecule has 0 bridgehead atoms. The Morgan fingerprint density at radius 2 is 1.62 bits per heavy atom. The number of anilines is 2. The molecule has 0 spiro atoms. The molecule has 3 aromatic rings. The van der Waals surface area contributed by atoms with Gasteiger partial charge in [0, 0.05) is 18.0 Å². The number of benzene rings is 2. The maximum atomic E-state index is 11.8. The van der Waals surface area contributed by atoms with Crippen LogP contribution in [0.25, 0.3) is 11.1 Å². The average molecular weight is 318 g/mol. The van der Waals surface area contributed by atoms with Gasteiger partial charge in [-0.25, -0.2) is 9.69 Å². The molecule has 4 heteroatoms. The monoisotopic (exact) mass is 318 g/mol. The summed E-state index contributed by atoms with van der Waals surface area (Å²) in [4.78, 5) is 17.3. The van der Waals surface area contributed by atoms with Crippen LogP contribution >= 0.6 is 0 Å². The molecule has 0 unspecified atom stereocenters. The zero-order chi connectivity index (χ0) is 17.1. The van der Waals surface area contributed by atoms with Crippen molar-refractivity contribution in [2.24, 2.45) is 0 Å². The number of para-hydroxylation sites is 1. The Kier molecular flexibility index (Phi) is 4.29. The van der Waals surface area contributed by atoms with Gasteiger partial charge in [0.1, 0.15) is 0 Å². The average Bonchev–Trinajstić information content (AvgIpc) is 2.58. The minimum absolute atomic E-state index is 0.609. The number of amides is 1. The predicted octanol–water partition coefficient (Wildman–Crippen LogP) is 5.18. The third-order valence-corrected chi connectivity index (χ3v) is 4.01. The zero-order valence-electron chi connectivity index (χ0n) is 13.6. The van der Waals surface area contributed by atoms with E-state index < -0.39 is 6.09 Å². The molecule has 1 heterocycles. The van der Waals surface area contributed by atoms with Crippen LogP contribution in [0.2, 0.25) is 0 Å². The lowest BCUT2D eigenvalue weighted by Gasteiger charge is -2.21. The second-order valence-electron chi connectivity index (χ2n) is 5.64. The van der Waals surface area contributed by atoms with E-state index in [2.05, 4.69) is 4.98 Å². The van der Waals surface area contributed by atoms with Crippen LogP contribution in [-0.4, -0.2) is 16.2 Å². The fourth-order valence-electron chi connectivity index (χ4n) is 2.73. The highest BCUT2D eigenvalue weighted by atomic mass is 16.4. The van der Waals surface area contributed by atoms with E-state index in [1.165, 1.54) is 4.90 Å². The van der Waals surface area contributed by atoms with Crippen LogP contribution in [-0.2, 0) is 0 Å². The van der Waals surface area contributed by atoms with E-state index in [0.717, 1.165) is 22.3 Å². The lowest BCUT2D eigenvalue weighted by Crippen LogP contribution is -2.23. The van der Waals surface area contributed by atoms with E-state index in [4.69, 9.17) is 0 Å². The molecule has 0 saturated heterocycles. The van der Waals surface area contributed by atoms with Gasteiger partial charge in [-0.1, -0.05) is 24.3 Å². The van der Waals surface area contributed by atoms with E-state index in [1.54, 1.807) is 18.3 Å². The van der Waals surface area contributed by atoms with E-state index in [0.29, 0.717) is 11.4 Å². The Morgan fingerprint density at radius 3 is 2.29 bits per heavy atom. The largest absolute Gasteiger partial charge is 0.464 e. The summed E-state index contributed by atoms with van der Waals surface area (Å²) < 4.78 is 0. The molecule has 120 valence electrons. The molecule has 1 N–H and O–H groups in total. The number of carboxylic acid groups (broad SMARTS) is 1. The number of carbonyl (C=O) groups is 1. The number of pyridine rings is 1. The van der Waals surface area contributed by atoms with Gasteiger partial charge >= 0.3 is 6.09 Å². The summed E-state index contributed by atoms with van der Waals surface area (Å²) in [6.07, 6.45) is 2.56. The van der Waals surface area contributed by atoms with Crippen LogP contribution in [0.1, 0.15) is 11.1 Å². The van der Waals surface area contributed by atoms with Gasteiger partial charge in [0.25, 0.3) is 0 Å². The summed E-state index contributed by atoms with van der Waals surface area (Å²) in [5.41, 5.74) is 5.40. The molecule has 0 atom stereocenters. The van der Waals surface area contributed by atoms with Crippen molar-refractivity contribution < 1.29 is 9.90 Å². The quantitative estimate of drug-likeness (QED) is 0.723. The molecule has 4 nitrogen and oxygen atoms in total. The minimum atomic E-state index is -1.01. The van der Waals surface area contributed by atoms with Crippen LogP contribution in [0.3, 0.4) is 0 Å². The number of hydrogen-bond acceptors (Lipinski definition) is 2. The van der Waals surface area contributed by atoms with Crippen molar-refractivity contribution >= 4 is 17.5 Å². The maximum Gasteiger partial charge on any atom is 0.416 e.